The molecule has 1 aromatic heterocycles. The Balaban J connectivity index is 2.02. The molecule has 0 bridgehead atoms. The summed E-state index contributed by atoms with van der Waals surface area (Å²) >= 11 is 0. The van der Waals surface area contributed by atoms with Gasteiger partial charge in [0.1, 0.15) is 12.0 Å². The predicted octanol–water partition coefficient (Wildman–Crippen LogP) is 3.38. The smallest absolute Gasteiger partial charge is 0.254 e. The maximum Gasteiger partial charge on any atom is 0.254 e. The summed E-state index contributed by atoms with van der Waals surface area (Å²) < 4.78 is 5.24. The van der Waals surface area contributed by atoms with E-state index in [1.165, 1.54) is 11.8 Å². The average molecular weight is 343 g/mol. The second-order valence-corrected chi connectivity index (χ2v) is 6.45. The number of hydrogen-bond acceptors (Lipinski definition) is 4. The molecule has 25 heavy (non-hydrogen) atoms. The lowest BCUT2D eigenvalue weighted by Crippen LogP contribution is -2.53. The fourth-order valence-corrected chi connectivity index (χ4v) is 3.00. The highest BCUT2D eigenvalue weighted by Gasteiger charge is 2.28. The number of carbonyl (C=O) groups is 1. The van der Waals surface area contributed by atoms with Crippen molar-refractivity contribution in [1.29, 1.82) is 0 Å². The van der Waals surface area contributed by atoms with Crippen molar-refractivity contribution in [2.75, 3.05) is 6.54 Å². The number of nitrogens with two attached hydrogens (primary N) is 1. The Morgan fingerprint density at radius 2 is 1.92 bits per heavy atom. The van der Waals surface area contributed by atoms with Crippen molar-refractivity contribution in [1.82, 2.24) is 10.6 Å². The minimum atomic E-state index is -0.161. The molecule has 1 amide bonds. The number of hydrogen-bond donors (Lipinski definition) is 3. The van der Waals surface area contributed by atoms with Crippen LogP contribution in [0, 0.1) is 0 Å². The predicted molar refractivity (Wildman–Crippen MR) is 100 cm³/mol. The van der Waals surface area contributed by atoms with Crippen molar-refractivity contribution >= 4 is 5.91 Å². The number of carbonyl (C=O) groups excluding carboxylic acids is 1. The Labute approximate surface area is 150 Å². The molecule has 0 fully saturated rings. The van der Waals surface area contributed by atoms with E-state index in [1.54, 1.807) is 6.07 Å². The van der Waals surface area contributed by atoms with E-state index >= 15 is 0 Å². The summed E-state index contributed by atoms with van der Waals surface area (Å²) in [5, 5.41) is 6.74. The van der Waals surface area contributed by atoms with E-state index < -0.39 is 0 Å². The molecular formula is C20H29N3O2. The first-order valence-corrected chi connectivity index (χ1v) is 8.92. The minimum Gasteiger partial charge on any atom is -0.467 e. The fourth-order valence-electron chi connectivity index (χ4n) is 3.00. The number of benzene rings is 1. The van der Waals surface area contributed by atoms with Crippen LogP contribution in [0.2, 0.25) is 0 Å². The van der Waals surface area contributed by atoms with E-state index in [0.29, 0.717) is 17.9 Å². The summed E-state index contributed by atoms with van der Waals surface area (Å²) in [6, 6.07) is 12.2. The molecule has 1 heterocycles. The highest BCUT2D eigenvalue weighted by atomic mass is 16.3. The van der Waals surface area contributed by atoms with Gasteiger partial charge in [-0.25, -0.2) is 0 Å². The summed E-state index contributed by atoms with van der Waals surface area (Å²) in [6.07, 6.45) is 3.29. The zero-order valence-corrected chi connectivity index (χ0v) is 15.3. The first kappa shape index (κ1) is 19.2. The zero-order chi connectivity index (χ0) is 18.3. The molecule has 0 saturated heterocycles. The molecule has 136 valence electrons. The fraction of sp³-hybridized carbons (Fsp3) is 0.450. The zero-order valence-electron chi connectivity index (χ0n) is 15.3. The van der Waals surface area contributed by atoms with Crippen LogP contribution in [0.3, 0.4) is 0 Å². The van der Waals surface area contributed by atoms with Crippen LogP contribution in [0.25, 0.3) is 0 Å². The van der Waals surface area contributed by atoms with Gasteiger partial charge >= 0.3 is 0 Å². The van der Waals surface area contributed by atoms with E-state index in [4.69, 9.17) is 10.2 Å². The molecule has 0 aliphatic carbocycles. The van der Waals surface area contributed by atoms with E-state index in [1.807, 2.05) is 18.2 Å². The number of amides is 1. The monoisotopic (exact) mass is 343 g/mol. The minimum absolute atomic E-state index is 0.135. The van der Waals surface area contributed by atoms with Crippen LogP contribution in [0.4, 0.5) is 0 Å². The van der Waals surface area contributed by atoms with Gasteiger partial charge in [-0.15, -0.1) is 0 Å². The highest BCUT2D eigenvalue weighted by molar-refractivity contribution is 5.94. The van der Waals surface area contributed by atoms with Gasteiger partial charge in [0.15, 0.2) is 0 Å². The van der Waals surface area contributed by atoms with Crippen LogP contribution in [0.15, 0.2) is 47.1 Å². The molecular weight excluding hydrogens is 314 g/mol. The SMILES string of the molecule is CCC(CC)(CNC(=O)c1coc(CN)c1)NC(C)c1ccccc1. The summed E-state index contributed by atoms with van der Waals surface area (Å²) in [4.78, 5) is 12.4. The molecule has 0 saturated carbocycles. The van der Waals surface area contributed by atoms with Crippen molar-refractivity contribution in [2.45, 2.75) is 51.7 Å². The first-order valence-electron chi connectivity index (χ1n) is 8.92. The van der Waals surface area contributed by atoms with Crippen LogP contribution in [-0.2, 0) is 6.54 Å². The largest absolute Gasteiger partial charge is 0.467 e. The van der Waals surface area contributed by atoms with Gasteiger partial charge in [0.2, 0.25) is 0 Å². The molecule has 0 aliphatic rings. The molecule has 0 radical (unpaired) electrons. The van der Waals surface area contributed by atoms with Gasteiger partial charge in [-0.2, -0.15) is 0 Å². The van der Waals surface area contributed by atoms with Gasteiger partial charge in [0.05, 0.1) is 12.1 Å². The van der Waals surface area contributed by atoms with Gasteiger partial charge in [-0.3, -0.25) is 4.79 Å². The molecule has 4 N–H and O–H groups in total. The van der Waals surface area contributed by atoms with Crippen LogP contribution in [0.5, 0.6) is 0 Å². The van der Waals surface area contributed by atoms with Crippen molar-refractivity contribution < 1.29 is 9.21 Å². The Morgan fingerprint density at radius 3 is 2.48 bits per heavy atom. The van der Waals surface area contributed by atoms with E-state index in [9.17, 15) is 4.79 Å². The van der Waals surface area contributed by atoms with Crippen LogP contribution >= 0.6 is 0 Å². The Morgan fingerprint density at radius 1 is 1.24 bits per heavy atom. The quantitative estimate of drug-likeness (QED) is 0.652. The molecule has 2 aromatic rings. The lowest BCUT2D eigenvalue weighted by molar-refractivity contribution is 0.0933. The number of rotatable bonds is 9. The molecule has 1 unspecified atom stereocenters. The third-order valence-corrected chi connectivity index (χ3v) is 4.88. The molecule has 1 aromatic carbocycles. The maximum absolute atomic E-state index is 12.4. The Hall–Kier alpha value is -2.11. The molecule has 5 heteroatoms. The Bertz CT molecular complexity index is 663. The topological polar surface area (TPSA) is 80.3 Å². The summed E-state index contributed by atoms with van der Waals surface area (Å²) in [6.45, 7) is 7.28. The molecule has 0 aliphatic heterocycles. The van der Waals surface area contributed by atoms with E-state index in [-0.39, 0.29) is 24.0 Å². The standard InChI is InChI=1S/C20H29N3O2/c1-4-20(5-2,23-15(3)16-9-7-6-8-10-16)14-22-19(24)17-11-18(12-21)25-13-17/h6-11,13,15,23H,4-5,12,14,21H2,1-3H3,(H,22,24). The second kappa shape index (κ2) is 8.83. The normalized spacial score (nSPS) is 12.8. The van der Waals surface area contributed by atoms with Crippen molar-refractivity contribution in [3.63, 3.8) is 0 Å². The summed E-state index contributed by atoms with van der Waals surface area (Å²) in [5.41, 5.74) is 7.11. The lowest BCUT2D eigenvalue weighted by Gasteiger charge is -2.36. The lowest BCUT2D eigenvalue weighted by atomic mass is 9.90. The number of nitrogens with one attached hydrogen (secondary N) is 2. The average Bonchev–Trinajstić information content (AvgIpc) is 3.15. The van der Waals surface area contributed by atoms with Crippen LogP contribution in [-0.4, -0.2) is 18.0 Å². The Kier molecular flexibility index (Phi) is 6.79. The molecule has 2 rings (SSSR count). The molecule has 1 atom stereocenters. The molecule has 0 spiro atoms. The van der Waals surface area contributed by atoms with Gasteiger partial charge in [0, 0.05) is 18.1 Å². The first-order chi connectivity index (χ1) is 12.0. The summed E-state index contributed by atoms with van der Waals surface area (Å²) in [5.74, 6) is 0.474. The molecule has 5 nitrogen and oxygen atoms in total. The second-order valence-electron chi connectivity index (χ2n) is 6.45. The van der Waals surface area contributed by atoms with Gasteiger partial charge < -0.3 is 20.8 Å². The summed E-state index contributed by atoms with van der Waals surface area (Å²) in [7, 11) is 0. The van der Waals surface area contributed by atoms with Crippen molar-refractivity contribution in [2.24, 2.45) is 5.73 Å². The maximum atomic E-state index is 12.4. The van der Waals surface area contributed by atoms with Crippen molar-refractivity contribution in [3.05, 3.63) is 59.5 Å². The van der Waals surface area contributed by atoms with E-state index in [2.05, 4.69) is 43.5 Å². The van der Waals surface area contributed by atoms with Gasteiger partial charge in [-0.1, -0.05) is 44.2 Å². The third kappa shape index (κ3) is 4.94. The van der Waals surface area contributed by atoms with Gasteiger partial charge in [0.25, 0.3) is 5.91 Å². The van der Waals surface area contributed by atoms with Crippen molar-refractivity contribution in [3.8, 4) is 0 Å². The van der Waals surface area contributed by atoms with E-state index in [0.717, 1.165) is 12.8 Å². The van der Waals surface area contributed by atoms with Crippen LogP contribution < -0.4 is 16.4 Å². The third-order valence-electron chi connectivity index (χ3n) is 4.88. The highest BCUT2D eigenvalue weighted by Crippen LogP contribution is 2.21. The number of furan rings is 1. The van der Waals surface area contributed by atoms with Crippen LogP contribution in [0.1, 0.15) is 61.3 Å². The van der Waals surface area contributed by atoms with Gasteiger partial charge in [-0.05, 0) is 31.4 Å².